The third-order valence-electron chi connectivity index (χ3n) is 1.07. The summed E-state index contributed by atoms with van der Waals surface area (Å²) >= 11 is 2.10. The van der Waals surface area contributed by atoms with Crippen molar-refractivity contribution in [3.8, 4) is 0 Å². The molecule has 5 heteroatoms. The molecule has 0 aliphatic carbocycles. The van der Waals surface area contributed by atoms with Crippen LogP contribution in [0, 0.1) is 6.92 Å². The van der Waals surface area contributed by atoms with E-state index in [1.807, 2.05) is 0 Å². The van der Waals surface area contributed by atoms with Gasteiger partial charge in [0.25, 0.3) is 0 Å². The van der Waals surface area contributed by atoms with Crippen LogP contribution in [0.25, 0.3) is 0 Å². The van der Waals surface area contributed by atoms with E-state index in [1.165, 1.54) is 0 Å². The Labute approximate surface area is 65.4 Å². The molecule has 0 bridgehead atoms. The summed E-state index contributed by atoms with van der Waals surface area (Å²) < 4.78 is 2.21. The Morgan fingerprint density at radius 3 is 2.78 bits per heavy atom. The number of H-pyrrole nitrogens is 1. The van der Waals surface area contributed by atoms with Crippen molar-refractivity contribution in [2.45, 2.75) is 11.5 Å². The largest absolute Gasteiger partial charge is 0.344 e. The van der Waals surface area contributed by atoms with Gasteiger partial charge in [-0.2, -0.15) is 5.10 Å². The molecule has 0 fully saturated rings. The summed E-state index contributed by atoms with van der Waals surface area (Å²) in [6.45, 7) is 1.79. The number of aryl methyl sites for hydroxylation is 1. The molecule has 1 rings (SSSR count). The summed E-state index contributed by atoms with van der Waals surface area (Å²) in [5.74, 6) is 0.731. The maximum Gasteiger partial charge on any atom is 0.344 e. The highest BCUT2D eigenvalue weighted by atomic mass is 127. The van der Waals surface area contributed by atoms with E-state index in [0.717, 1.165) is 5.82 Å². The second-order valence-corrected chi connectivity index (χ2v) is 2.31. The molecule has 9 heavy (non-hydrogen) atoms. The van der Waals surface area contributed by atoms with Gasteiger partial charge in [0.2, 0.25) is 0 Å². The van der Waals surface area contributed by atoms with E-state index in [1.54, 1.807) is 11.5 Å². The van der Waals surface area contributed by atoms with Crippen LogP contribution in [0.2, 0.25) is 0 Å². The van der Waals surface area contributed by atoms with Gasteiger partial charge < -0.3 is 0 Å². The number of nitrogens with one attached hydrogen (secondary N) is 1. The Bertz CT molecular complexity index is 251. The SMILES string of the molecule is Cc1n[nH]c(=O)n1CI. The molecule has 0 radical (unpaired) electrons. The number of halogens is 1. The summed E-state index contributed by atoms with van der Waals surface area (Å²) in [4.78, 5) is 10.7. The summed E-state index contributed by atoms with van der Waals surface area (Å²) in [5, 5.41) is 6.05. The highest BCUT2D eigenvalue weighted by Gasteiger charge is 1.98. The van der Waals surface area contributed by atoms with Crippen molar-refractivity contribution in [3.63, 3.8) is 0 Å². The first-order chi connectivity index (χ1) is 4.25. The molecular formula is C4H6IN3O. The monoisotopic (exact) mass is 239 g/mol. The molecule has 0 spiro atoms. The molecular weight excluding hydrogens is 233 g/mol. The first kappa shape index (κ1) is 6.79. The quantitative estimate of drug-likeness (QED) is 0.565. The first-order valence-corrected chi connectivity index (χ1v) is 3.96. The van der Waals surface area contributed by atoms with Crippen molar-refractivity contribution in [1.82, 2.24) is 14.8 Å². The maximum atomic E-state index is 10.7. The zero-order valence-corrected chi connectivity index (χ0v) is 7.05. The minimum Gasteiger partial charge on any atom is -0.270 e. The van der Waals surface area contributed by atoms with E-state index >= 15 is 0 Å². The van der Waals surface area contributed by atoms with Crippen molar-refractivity contribution in [2.24, 2.45) is 0 Å². The molecule has 50 valence electrons. The van der Waals surface area contributed by atoms with E-state index < -0.39 is 0 Å². The lowest BCUT2D eigenvalue weighted by atomic mass is 10.7. The van der Waals surface area contributed by atoms with E-state index in [4.69, 9.17) is 0 Å². The number of alkyl halides is 1. The Morgan fingerprint density at radius 2 is 2.56 bits per heavy atom. The molecule has 0 amide bonds. The maximum absolute atomic E-state index is 10.7. The average Bonchev–Trinajstić information content (AvgIpc) is 2.12. The molecule has 0 aliphatic rings. The number of nitrogens with zero attached hydrogens (tertiary/aromatic N) is 2. The average molecular weight is 239 g/mol. The van der Waals surface area contributed by atoms with Gasteiger partial charge in [0.05, 0.1) is 4.55 Å². The fourth-order valence-electron chi connectivity index (χ4n) is 0.537. The molecule has 0 aromatic carbocycles. The van der Waals surface area contributed by atoms with Crippen LogP contribution < -0.4 is 5.69 Å². The van der Waals surface area contributed by atoms with Crippen molar-refractivity contribution in [1.29, 1.82) is 0 Å². The van der Waals surface area contributed by atoms with Gasteiger partial charge in [-0.1, -0.05) is 22.6 Å². The van der Waals surface area contributed by atoms with Crippen LogP contribution in [-0.2, 0) is 4.55 Å². The summed E-state index contributed by atoms with van der Waals surface area (Å²) in [5.41, 5.74) is -0.137. The van der Waals surface area contributed by atoms with Gasteiger partial charge in [-0.05, 0) is 6.92 Å². The van der Waals surface area contributed by atoms with E-state index in [2.05, 4.69) is 32.8 Å². The number of hydrogen-bond acceptors (Lipinski definition) is 2. The predicted molar refractivity (Wildman–Crippen MR) is 41.6 cm³/mol. The molecule has 4 nitrogen and oxygen atoms in total. The Kier molecular flexibility index (Phi) is 1.89. The second kappa shape index (κ2) is 2.51. The molecule has 1 heterocycles. The fraction of sp³-hybridized carbons (Fsp3) is 0.500. The van der Waals surface area contributed by atoms with Crippen LogP contribution >= 0.6 is 22.6 Å². The molecule has 0 saturated carbocycles. The third-order valence-corrected chi connectivity index (χ3v) is 1.75. The van der Waals surface area contributed by atoms with Gasteiger partial charge in [-0.15, -0.1) is 0 Å². The Morgan fingerprint density at radius 1 is 1.89 bits per heavy atom. The summed E-state index contributed by atoms with van der Waals surface area (Å²) in [7, 11) is 0. The molecule has 0 unspecified atom stereocenters. The van der Waals surface area contributed by atoms with Crippen molar-refractivity contribution in [2.75, 3.05) is 0 Å². The fourth-order valence-corrected chi connectivity index (χ4v) is 1.34. The second-order valence-electron chi connectivity index (χ2n) is 1.62. The molecule has 1 N–H and O–H groups in total. The van der Waals surface area contributed by atoms with E-state index in [9.17, 15) is 4.79 Å². The predicted octanol–water partition coefficient (Wildman–Crippen LogP) is 0.272. The van der Waals surface area contributed by atoms with Crippen LogP contribution in [-0.4, -0.2) is 14.8 Å². The normalized spacial score (nSPS) is 10.0. The summed E-state index contributed by atoms with van der Waals surface area (Å²) in [6.07, 6.45) is 0. The number of rotatable bonds is 1. The van der Waals surface area contributed by atoms with Crippen LogP contribution in [0.4, 0.5) is 0 Å². The number of aromatic amines is 1. The van der Waals surface area contributed by atoms with Crippen LogP contribution in [0.1, 0.15) is 5.82 Å². The number of aromatic nitrogens is 3. The van der Waals surface area contributed by atoms with Crippen molar-refractivity contribution >= 4 is 22.6 Å². The molecule has 1 aromatic heterocycles. The van der Waals surface area contributed by atoms with Crippen LogP contribution in [0.15, 0.2) is 4.79 Å². The third kappa shape index (κ3) is 1.15. The van der Waals surface area contributed by atoms with Gasteiger partial charge >= 0.3 is 5.69 Å². The summed E-state index contributed by atoms with van der Waals surface area (Å²) in [6, 6.07) is 0. The molecule has 1 aromatic rings. The minimum atomic E-state index is -0.137. The highest BCUT2D eigenvalue weighted by Crippen LogP contribution is 1.91. The molecule has 0 aliphatic heterocycles. The molecule has 0 atom stereocenters. The van der Waals surface area contributed by atoms with Crippen LogP contribution in [0.3, 0.4) is 0 Å². The standard InChI is InChI=1S/C4H6IN3O/c1-3-6-7-4(9)8(3)2-5/h2H2,1H3,(H,7,9). The Hall–Kier alpha value is -0.330. The lowest BCUT2D eigenvalue weighted by molar-refractivity contribution is 0.825. The van der Waals surface area contributed by atoms with Gasteiger partial charge in [0.15, 0.2) is 0 Å². The topological polar surface area (TPSA) is 50.7 Å². The zero-order valence-electron chi connectivity index (χ0n) is 4.89. The van der Waals surface area contributed by atoms with Gasteiger partial charge in [-0.25, -0.2) is 9.89 Å². The minimum absolute atomic E-state index is 0.137. The lowest BCUT2D eigenvalue weighted by Gasteiger charge is -1.90. The van der Waals surface area contributed by atoms with Crippen molar-refractivity contribution < 1.29 is 0 Å². The first-order valence-electron chi connectivity index (χ1n) is 2.43. The van der Waals surface area contributed by atoms with Crippen LogP contribution in [0.5, 0.6) is 0 Å². The zero-order chi connectivity index (χ0) is 6.85. The Balaban J connectivity index is 3.23. The smallest absolute Gasteiger partial charge is 0.270 e. The van der Waals surface area contributed by atoms with Crippen molar-refractivity contribution in [3.05, 3.63) is 16.3 Å². The van der Waals surface area contributed by atoms with Gasteiger partial charge in [0.1, 0.15) is 5.82 Å². The van der Waals surface area contributed by atoms with Gasteiger partial charge in [0, 0.05) is 0 Å². The van der Waals surface area contributed by atoms with E-state index in [0.29, 0.717) is 4.55 Å². The number of hydrogen-bond donors (Lipinski definition) is 1. The molecule has 0 saturated heterocycles. The highest BCUT2D eigenvalue weighted by molar-refractivity contribution is 14.1. The lowest BCUT2D eigenvalue weighted by Crippen LogP contribution is -2.15. The van der Waals surface area contributed by atoms with Gasteiger partial charge in [-0.3, -0.25) is 4.57 Å². The van der Waals surface area contributed by atoms with E-state index in [-0.39, 0.29) is 5.69 Å².